The second kappa shape index (κ2) is 11.2. The summed E-state index contributed by atoms with van der Waals surface area (Å²) in [4.78, 5) is 26.9. The molecule has 178 valence electrons. The molecule has 3 rings (SSSR count). The average molecular weight is 477 g/mol. The van der Waals surface area contributed by atoms with Crippen molar-refractivity contribution < 1.29 is 22.4 Å². The summed E-state index contributed by atoms with van der Waals surface area (Å²) >= 11 is 0. The number of urea groups is 1. The van der Waals surface area contributed by atoms with Gasteiger partial charge < -0.3 is 15.5 Å². The van der Waals surface area contributed by atoms with Gasteiger partial charge in [-0.1, -0.05) is 42.5 Å². The van der Waals surface area contributed by atoms with Crippen LogP contribution in [0.1, 0.15) is 30.0 Å². The smallest absolute Gasteiger partial charge is 0.317 e. The number of carbonyl (C=O) groups is 2. The topological polar surface area (TPSA) is 98.8 Å². The normalized spacial score (nSPS) is 18.8. The summed E-state index contributed by atoms with van der Waals surface area (Å²) in [5.74, 6) is -0.636. The molecule has 0 radical (unpaired) electrons. The first-order chi connectivity index (χ1) is 15.7. The Kier molecular flexibility index (Phi) is 8.40. The standard InChI is InChI=1S/C23H29FN4O4S/c1-33(31,32)28-14-5-13-27(23(30)26-17-18-8-10-20(24)11-9-18)15-12-25-22(29)16-21(28)19-6-3-2-4-7-19/h2-4,6-11,21H,5,12-17H2,1H3,(H,25,29)(H,26,30). The molecule has 0 aromatic heterocycles. The van der Waals surface area contributed by atoms with Crippen LogP contribution in [0.2, 0.25) is 0 Å². The van der Waals surface area contributed by atoms with Gasteiger partial charge in [-0.05, 0) is 29.7 Å². The molecule has 1 saturated heterocycles. The fraction of sp³-hybridized carbons (Fsp3) is 0.391. The first kappa shape index (κ1) is 24.7. The Morgan fingerprint density at radius 2 is 1.79 bits per heavy atom. The average Bonchev–Trinajstić information content (AvgIpc) is 2.82. The highest BCUT2D eigenvalue weighted by molar-refractivity contribution is 7.88. The van der Waals surface area contributed by atoms with E-state index in [1.165, 1.54) is 16.4 Å². The van der Waals surface area contributed by atoms with Crippen molar-refractivity contribution in [3.05, 3.63) is 71.5 Å². The van der Waals surface area contributed by atoms with E-state index in [0.717, 1.165) is 17.4 Å². The number of rotatable bonds is 4. The van der Waals surface area contributed by atoms with Gasteiger partial charge in [-0.15, -0.1) is 0 Å². The number of nitrogens with one attached hydrogen (secondary N) is 2. The van der Waals surface area contributed by atoms with Gasteiger partial charge in [-0.2, -0.15) is 4.31 Å². The van der Waals surface area contributed by atoms with Crippen LogP contribution >= 0.6 is 0 Å². The predicted molar refractivity (Wildman–Crippen MR) is 123 cm³/mol. The van der Waals surface area contributed by atoms with Crippen LogP contribution in [-0.2, 0) is 21.4 Å². The molecule has 1 aliphatic rings. The van der Waals surface area contributed by atoms with Crippen molar-refractivity contribution in [3.63, 3.8) is 0 Å². The Balaban J connectivity index is 1.72. The molecule has 1 fully saturated rings. The minimum Gasteiger partial charge on any atom is -0.354 e. The Labute approximate surface area is 193 Å². The summed E-state index contributed by atoms with van der Waals surface area (Å²) in [7, 11) is -3.61. The fourth-order valence-corrected chi connectivity index (χ4v) is 4.94. The number of halogens is 1. The lowest BCUT2D eigenvalue weighted by molar-refractivity contribution is -0.122. The Bertz CT molecular complexity index is 1050. The lowest BCUT2D eigenvalue weighted by Crippen LogP contribution is -2.44. The third kappa shape index (κ3) is 7.26. The van der Waals surface area contributed by atoms with E-state index in [2.05, 4.69) is 10.6 Å². The van der Waals surface area contributed by atoms with Crippen molar-refractivity contribution in [2.75, 3.05) is 32.4 Å². The largest absolute Gasteiger partial charge is 0.354 e. The van der Waals surface area contributed by atoms with E-state index in [0.29, 0.717) is 13.0 Å². The van der Waals surface area contributed by atoms with Crippen molar-refractivity contribution >= 4 is 22.0 Å². The van der Waals surface area contributed by atoms with E-state index in [9.17, 15) is 22.4 Å². The monoisotopic (exact) mass is 476 g/mol. The summed E-state index contributed by atoms with van der Waals surface area (Å²) in [5.41, 5.74) is 1.50. The summed E-state index contributed by atoms with van der Waals surface area (Å²) in [6.45, 7) is 1.26. The zero-order chi connectivity index (χ0) is 23.8. The third-order valence-corrected chi connectivity index (χ3v) is 6.78. The highest BCUT2D eigenvalue weighted by atomic mass is 32.2. The molecular weight excluding hydrogens is 447 g/mol. The van der Waals surface area contributed by atoms with E-state index in [-0.39, 0.29) is 50.4 Å². The molecule has 2 aromatic carbocycles. The fourth-order valence-electron chi connectivity index (χ4n) is 3.82. The first-order valence-electron chi connectivity index (χ1n) is 10.8. The van der Waals surface area contributed by atoms with Crippen LogP contribution in [0.15, 0.2) is 54.6 Å². The van der Waals surface area contributed by atoms with Crippen LogP contribution in [0, 0.1) is 5.82 Å². The zero-order valence-electron chi connectivity index (χ0n) is 18.5. The quantitative estimate of drug-likeness (QED) is 0.707. The number of nitrogens with zero attached hydrogens (tertiary/aromatic N) is 2. The van der Waals surface area contributed by atoms with Crippen LogP contribution in [0.4, 0.5) is 9.18 Å². The van der Waals surface area contributed by atoms with Gasteiger partial charge in [0.25, 0.3) is 0 Å². The molecule has 1 atom stereocenters. The molecule has 0 bridgehead atoms. The third-order valence-electron chi connectivity index (χ3n) is 5.49. The maximum absolute atomic E-state index is 13.1. The van der Waals surface area contributed by atoms with Crippen LogP contribution in [0.3, 0.4) is 0 Å². The van der Waals surface area contributed by atoms with Gasteiger partial charge in [-0.25, -0.2) is 17.6 Å². The minimum atomic E-state index is -3.61. The van der Waals surface area contributed by atoms with Crippen LogP contribution in [-0.4, -0.2) is 62.0 Å². The van der Waals surface area contributed by atoms with Crippen molar-refractivity contribution in [1.29, 1.82) is 0 Å². The molecule has 8 nitrogen and oxygen atoms in total. The molecule has 10 heteroatoms. The first-order valence-corrected chi connectivity index (χ1v) is 12.6. The van der Waals surface area contributed by atoms with Gasteiger partial charge in [0.2, 0.25) is 15.9 Å². The number of carbonyl (C=O) groups excluding carboxylic acids is 2. The molecule has 2 aromatic rings. The SMILES string of the molecule is CS(=O)(=O)N1CCCN(C(=O)NCc2ccc(F)cc2)CCNC(=O)CC1c1ccccc1. The zero-order valence-corrected chi connectivity index (χ0v) is 19.4. The molecule has 1 unspecified atom stereocenters. The van der Waals surface area contributed by atoms with E-state index >= 15 is 0 Å². The highest BCUT2D eigenvalue weighted by Gasteiger charge is 2.30. The number of hydrogen-bond donors (Lipinski definition) is 2. The van der Waals surface area contributed by atoms with Crippen LogP contribution in [0.25, 0.3) is 0 Å². The summed E-state index contributed by atoms with van der Waals surface area (Å²) in [6.07, 6.45) is 1.54. The lowest BCUT2D eigenvalue weighted by atomic mass is 10.0. The van der Waals surface area contributed by atoms with E-state index < -0.39 is 16.1 Å². The van der Waals surface area contributed by atoms with Crippen LogP contribution < -0.4 is 10.6 Å². The summed E-state index contributed by atoms with van der Waals surface area (Å²) < 4.78 is 39.6. The van der Waals surface area contributed by atoms with Gasteiger partial charge in [-0.3, -0.25) is 4.79 Å². The molecule has 33 heavy (non-hydrogen) atoms. The van der Waals surface area contributed by atoms with Gasteiger partial charge in [0.1, 0.15) is 5.82 Å². The Morgan fingerprint density at radius 1 is 1.09 bits per heavy atom. The van der Waals surface area contributed by atoms with E-state index in [1.807, 2.05) is 30.3 Å². The lowest BCUT2D eigenvalue weighted by Gasteiger charge is -2.30. The molecule has 0 saturated carbocycles. The van der Waals surface area contributed by atoms with Crippen LogP contribution in [0.5, 0.6) is 0 Å². The van der Waals surface area contributed by atoms with Gasteiger partial charge in [0.05, 0.1) is 12.3 Å². The van der Waals surface area contributed by atoms with Gasteiger partial charge in [0.15, 0.2) is 0 Å². The summed E-state index contributed by atoms with van der Waals surface area (Å²) in [5, 5.41) is 5.59. The van der Waals surface area contributed by atoms with Crippen molar-refractivity contribution in [2.24, 2.45) is 0 Å². The molecule has 0 aliphatic carbocycles. The number of amides is 3. The molecular formula is C23H29FN4O4S. The maximum atomic E-state index is 13.1. The number of benzene rings is 2. The Hall–Kier alpha value is -2.98. The number of hydrogen-bond acceptors (Lipinski definition) is 4. The molecule has 2 N–H and O–H groups in total. The Morgan fingerprint density at radius 3 is 2.45 bits per heavy atom. The second-order valence-electron chi connectivity index (χ2n) is 7.98. The van der Waals surface area contributed by atoms with Gasteiger partial charge in [0, 0.05) is 39.1 Å². The van der Waals surface area contributed by atoms with E-state index in [4.69, 9.17) is 0 Å². The van der Waals surface area contributed by atoms with E-state index in [1.54, 1.807) is 17.0 Å². The maximum Gasteiger partial charge on any atom is 0.317 e. The van der Waals surface area contributed by atoms with Crippen molar-refractivity contribution in [1.82, 2.24) is 19.8 Å². The van der Waals surface area contributed by atoms with Crippen molar-refractivity contribution in [2.45, 2.75) is 25.4 Å². The second-order valence-corrected chi connectivity index (χ2v) is 9.92. The molecule has 1 aliphatic heterocycles. The molecule has 3 amide bonds. The predicted octanol–water partition coefficient (Wildman–Crippen LogP) is 2.25. The summed E-state index contributed by atoms with van der Waals surface area (Å²) in [6, 6.07) is 14.0. The molecule has 1 heterocycles. The van der Waals surface area contributed by atoms with Gasteiger partial charge >= 0.3 is 6.03 Å². The number of sulfonamides is 1. The molecule has 0 spiro atoms. The van der Waals surface area contributed by atoms with Crippen molar-refractivity contribution in [3.8, 4) is 0 Å². The highest BCUT2D eigenvalue weighted by Crippen LogP contribution is 2.27. The minimum absolute atomic E-state index is 0.00610.